The van der Waals surface area contributed by atoms with Crippen molar-refractivity contribution in [3.63, 3.8) is 0 Å². The lowest BCUT2D eigenvalue weighted by Gasteiger charge is -2.30. The maximum absolute atomic E-state index is 12.2. The molecule has 1 aliphatic rings. The smallest absolute Gasteiger partial charge is 0.251 e. The highest BCUT2D eigenvalue weighted by molar-refractivity contribution is 5.94. The Morgan fingerprint density at radius 3 is 2.45 bits per heavy atom. The molecule has 4 nitrogen and oxygen atoms in total. The number of likely N-dealkylation sites (tertiary alicyclic amines) is 1. The Bertz CT molecular complexity index is 505. The fourth-order valence-corrected chi connectivity index (χ4v) is 2.71. The molecule has 20 heavy (non-hydrogen) atoms. The molecule has 2 rings (SSSR count). The van der Waals surface area contributed by atoms with Crippen LogP contribution in [0.25, 0.3) is 0 Å². The zero-order chi connectivity index (χ0) is 14.5. The van der Waals surface area contributed by atoms with Crippen molar-refractivity contribution in [2.45, 2.75) is 32.7 Å². The van der Waals surface area contributed by atoms with Crippen molar-refractivity contribution >= 4 is 5.91 Å². The van der Waals surface area contributed by atoms with Crippen molar-refractivity contribution in [1.82, 2.24) is 10.2 Å². The minimum absolute atomic E-state index is 0.00975. The number of nitrogens with zero attached hydrogens (tertiary/aromatic N) is 2. The summed E-state index contributed by atoms with van der Waals surface area (Å²) in [6.45, 7) is 6.25. The van der Waals surface area contributed by atoms with Gasteiger partial charge in [0.05, 0.1) is 12.6 Å². The Morgan fingerprint density at radius 2 is 1.90 bits per heavy atom. The summed E-state index contributed by atoms with van der Waals surface area (Å²) in [5.74, 6) is 0.00975. The van der Waals surface area contributed by atoms with Crippen LogP contribution < -0.4 is 5.32 Å². The number of carbonyl (C=O) groups is 1. The van der Waals surface area contributed by atoms with Gasteiger partial charge in [-0.25, -0.2) is 0 Å². The SMILES string of the molecule is Cc1cc(C)cc(C(=O)NC2CCN(CC#N)CC2)c1. The fourth-order valence-electron chi connectivity index (χ4n) is 2.71. The van der Waals surface area contributed by atoms with Gasteiger partial charge in [-0.1, -0.05) is 17.2 Å². The van der Waals surface area contributed by atoms with Crippen LogP contribution in [0.4, 0.5) is 0 Å². The first-order valence-electron chi connectivity index (χ1n) is 7.07. The van der Waals surface area contributed by atoms with E-state index in [1.165, 1.54) is 0 Å². The van der Waals surface area contributed by atoms with Gasteiger partial charge >= 0.3 is 0 Å². The number of nitriles is 1. The number of piperidine rings is 1. The van der Waals surface area contributed by atoms with Crippen molar-refractivity contribution in [2.75, 3.05) is 19.6 Å². The second-order valence-corrected chi connectivity index (χ2v) is 5.56. The molecule has 106 valence electrons. The van der Waals surface area contributed by atoms with Gasteiger partial charge in [0.1, 0.15) is 0 Å². The standard InChI is InChI=1S/C16H21N3O/c1-12-9-13(2)11-14(10-12)16(20)18-15-3-6-19(7-4-15)8-5-17/h9-11,15H,3-4,6-8H2,1-2H3,(H,18,20). The molecule has 1 fully saturated rings. The predicted octanol–water partition coefficient (Wildman–Crippen LogP) is 2.02. The van der Waals surface area contributed by atoms with Crippen molar-refractivity contribution in [3.05, 3.63) is 34.9 Å². The molecule has 0 saturated carbocycles. The highest BCUT2D eigenvalue weighted by Crippen LogP contribution is 2.13. The average Bonchev–Trinajstić information content (AvgIpc) is 2.40. The van der Waals surface area contributed by atoms with Gasteiger partial charge < -0.3 is 5.32 Å². The molecule has 0 unspecified atom stereocenters. The number of benzene rings is 1. The molecule has 0 radical (unpaired) electrons. The van der Waals surface area contributed by atoms with Crippen molar-refractivity contribution in [1.29, 1.82) is 5.26 Å². The summed E-state index contributed by atoms with van der Waals surface area (Å²) >= 11 is 0. The average molecular weight is 271 g/mol. The third kappa shape index (κ3) is 3.82. The van der Waals surface area contributed by atoms with Crippen LogP contribution in [0.2, 0.25) is 0 Å². The van der Waals surface area contributed by atoms with E-state index in [0.29, 0.717) is 6.54 Å². The quantitative estimate of drug-likeness (QED) is 0.856. The number of rotatable bonds is 3. The normalized spacial score (nSPS) is 16.6. The van der Waals surface area contributed by atoms with Gasteiger partial charge in [-0.05, 0) is 38.8 Å². The van der Waals surface area contributed by atoms with Gasteiger partial charge in [0.2, 0.25) is 0 Å². The molecule has 0 spiro atoms. The minimum Gasteiger partial charge on any atom is -0.349 e. The van der Waals surface area contributed by atoms with Crippen molar-refractivity contribution < 1.29 is 4.79 Å². The van der Waals surface area contributed by atoms with Crippen LogP contribution in [0.1, 0.15) is 34.3 Å². The van der Waals surface area contributed by atoms with Gasteiger partial charge in [-0.2, -0.15) is 5.26 Å². The molecular formula is C16H21N3O. The molecule has 4 heteroatoms. The number of carbonyl (C=O) groups excluding carboxylic acids is 1. The Kier molecular flexibility index (Phi) is 4.75. The lowest BCUT2D eigenvalue weighted by molar-refractivity contribution is 0.0914. The Hall–Kier alpha value is -1.86. The highest BCUT2D eigenvalue weighted by atomic mass is 16.1. The second kappa shape index (κ2) is 6.53. The van der Waals surface area contributed by atoms with Crippen LogP contribution in [0.3, 0.4) is 0 Å². The molecule has 0 atom stereocenters. The van der Waals surface area contributed by atoms with E-state index in [1.807, 2.05) is 26.0 Å². The van der Waals surface area contributed by atoms with E-state index < -0.39 is 0 Å². The Balaban J connectivity index is 1.91. The summed E-state index contributed by atoms with van der Waals surface area (Å²) < 4.78 is 0. The summed E-state index contributed by atoms with van der Waals surface area (Å²) in [6, 6.07) is 8.30. The third-order valence-electron chi connectivity index (χ3n) is 3.70. The van der Waals surface area contributed by atoms with Crippen LogP contribution in [0.5, 0.6) is 0 Å². The lowest BCUT2D eigenvalue weighted by Crippen LogP contribution is -2.44. The van der Waals surface area contributed by atoms with Crippen molar-refractivity contribution in [2.24, 2.45) is 0 Å². The summed E-state index contributed by atoms with van der Waals surface area (Å²) in [5.41, 5.74) is 2.96. The highest BCUT2D eigenvalue weighted by Gasteiger charge is 2.20. The molecule has 0 bridgehead atoms. The van der Waals surface area contributed by atoms with Crippen LogP contribution in [-0.4, -0.2) is 36.5 Å². The largest absolute Gasteiger partial charge is 0.349 e. The van der Waals surface area contributed by atoms with E-state index in [4.69, 9.17) is 5.26 Å². The Morgan fingerprint density at radius 1 is 1.30 bits per heavy atom. The number of hydrogen-bond acceptors (Lipinski definition) is 3. The zero-order valence-corrected chi connectivity index (χ0v) is 12.1. The molecule has 1 aromatic rings. The van der Waals surface area contributed by atoms with E-state index >= 15 is 0 Å². The number of amides is 1. The van der Waals surface area contributed by atoms with Gasteiger partial charge in [0.15, 0.2) is 0 Å². The topological polar surface area (TPSA) is 56.1 Å². The summed E-state index contributed by atoms with van der Waals surface area (Å²) in [7, 11) is 0. The summed E-state index contributed by atoms with van der Waals surface area (Å²) in [4.78, 5) is 14.4. The number of aryl methyl sites for hydroxylation is 2. The first kappa shape index (κ1) is 14.5. The molecule has 1 heterocycles. The molecule has 1 aliphatic heterocycles. The molecule has 0 aliphatic carbocycles. The van der Waals surface area contributed by atoms with Crippen LogP contribution in [-0.2, 0) is 0 Å². The molecular weight excluding hydrogens is 250 g/mol. The maximum Gasteiger partial charge on any atom is 0.251 e. The summed E-state index contributed by atoms with van der Waals surface area (Å²) in [5, 5.41) is 11.8. The first-order valence-corrected chi connectivity index (χ1v) is 7.07. The van der Waals surface area contributed by atoms with Crippen LogP contribution in [0, 0.1) is 25.2 Å². The predicted molar refractivity (Wildman–Crippen MR) is 78.5 cm³/mol. The monoisotopic (exact) mass is 271 g/mol. The lowest BCUT2D eigenvalue weighted by atomic mass is 10.0. The van der Waals surface area contributed by atoms with Gasteiger partial charge in [-0.15, -0.1) is 0 Å². The first-order chi connectivity index (χ1) is 9.58. The zero-order valence-electron chi connectivity index (χ0n) is 12.1. The molecule has 1 amide bonds. The molecule has 1 N–H and O–H groups in total. The second-order valence-electron chi connectivity index (χ2n) is 5.56. The van der Waals surface area contributed by atoms with Crippen LogP contribution in [0.15, 0.2) is 18.2 Å². The van der Waals surface area contributed by atoms with E-state index in [-0.39, 0.29) is 11.9 Å². The fraction of sp³-hybridized carbons (Fsp3) is 0.500. The molecule has 1 saturated heterocycles. The third-order valence-corrected chi connectivity index (χ3v) is 3.70. The van der Waals surface area contributed by atoms with E-state index in [1.54, 1.807) is 0 Å². The number of hydrogen-bond donors (Lipinski definition) is 1. The van der Waals surface area contributed by atoms with Crippen LogP contribution >= 0.6 is 0 Å². The van der Waals surface area contributed by atoms with Gasteiger partial charge in [0.25, 0.3) is 5.91 Å². The molecule has 1 aromatic carbocycles. The Labute approximate surface area is 120 Å². The van der Waals surface area contributed by atoms with E-state index in [0.717, 1.165) is 42.6 Å². The number of nitrogens with one attached hydrogen (secondary N) is 1. The van der Waals surface area contributed by atoms with Gasteiger partial charge in [0, 0.05) is 24.7 Å². The van der Waals surface area contributed by atoms with Crippen molar-refractivity contribution in [3.8, 4) is 6.07 Å². The van der Waals surface area contributed by atoms with Gasteiger partial charge in [-0.3, -0.25) is 9.69 Å². The summed E-state index contributed by atoms with van der Waals surface area (Å²) in [6.07, 6.45) is 1.83. The minimum atomic E-state index is 0.00975. The maximum atomic E-state index is 12.2. The molecule has 0 aromatic heterocycles. The van der Waals surface area contributed by atoms with E-state index in [2.05, 4.69) is 22.4 Å². The van der Waals surface area contributed by atoms with E-state index in [9.17, 15) is 4.79 Å².